The summed E-state index contributed by atoms with van der Waals surface area (Å²) in [6.45, 7) is 3.58. The molecule has 0 aromatic carbocycles. The molecule has 0 spiro atoms. The normalized spacial score (nSPS) is 11.6. The van der Waals surface area contributed by atoms with Gasteiger partial charge in [-0.1, -0.05) is 0 Å². The monoisotopic (exact) mass is 216 g/mol. The van der Waals surface area contributed by atoms with Gasteiger partial charge in [0.25, 0.3) is 10.1 Å². The standard InChI is InChI=1S/C8H12N2O3S/c1-6-4-7(2)10-8(9-6)5-14(11,12)13-3/h4H,5H2,1-3H3. The van der Waals surface area contributed by atoms with Crippen LogP contribution in [0.3, 0.4) is 0 Å². The van der Waals surface area contributed by atoms with E-state index in [0.29, 0.717) is 0 Å². The van der Waals surface area contributed by atoms with Gasteiger partial charge in [-0.15, -0.1) is 0 Å². The minimum Gasteiger partial charge on any atom is -0.273 e. The fraction of sp³-hybridized carbons (Fsp3) is 0.500. The van der Waals surface area contributed by atoms with Gasteiger partial charge in [0.1, 0.15) is 11.6 Å². The Labute approximate surface area is 83.3 Å². The van der Waals surface area contributed by atoms with E-state index in [2.05, 4.69) is 14.2 Å². The number of hydrogen-bond acceptors (Lipinski definition) is 5. The smallest absolute Gasteiger partial charge is 0.273 e. The first-order valence-electron chi connectivity index (χ1n) is 4.02. The maximum atomic E-state index is 11.1. The highest BCUT2D eigenvalue weighted by molar-refractivity contribution is 7.85. The van der Waals surface area contributed by atoms with Crippen molar-refractivity contribution in [3.05, 3.63) is 23.3 Å². The van der Waals surface area contributed by atoms with E-state index in [1.54, 1.807) is 19.9 Å². The first kappa shape index (κ1) is 11.1. The Balaban J connectivity index is 2.98. The van der Waals surface area contributed by atoms with Gasteiger partial charge >= 0.3 is 0 Å². The molecule has 1 rings (SSSR count). The fourth-order valence-electron chi connectivity index (χ4n) is 1.08. The molecule has 14 heavy (non-hydrogen) atoms. The van der Waals surface area contributed by atoms with Gasteiger partial charge in [-0.05, 0) is 19.9 Å². The van der Waals surface area contributed by atoms with Crippen LogP contribution in [0.25, 0.3) is 0 Å². The van der Waals surface area contributed by atoms with E-state index < -0.39 is 10.1 Å². The average molecular weight is 216 g/mol. The van der Waals surface area contributed by atoms with E-state index in [1.807, 2.05) is 0 Å². The maximum Gasteiger partial charge on any atom is 0.274 e. The van der Waals surface area contributed by atoms with Crippen molar-refractivity contribution in [1.82, 2.24) is 9.97 Å². The van der Waals surface area contributed by atoms with E-state index >= 15 is 0 Å². The lowest BCUT2D eigenvalue weighted by atomic mass is 10.3. The van der Waals surface area contributed by atoms with Crippen molar-refractivity contribution in [2.45, 2.75) is 19.6 Å². The second-order valence-electron chi connectivity index (χ2n) is 2.94. The minimum atomic E-state index is -3.53. The highest BCUT2D eigenvalue weighted by Crippen LogP contribution is 2.04. The van der Waals surface area contributed by atoms with Crippen molar-refractivity contribution in [2.75, 3.05) is 7.11 Å². The average Bonchev–Trinajstić information content (AvgIpc) is 2.01. The first-order valence-corrected chi connectivity index (χ1v) is 5.60. The molecule has 0 amide bonds. The zero-order chi connectivity index (χ0) is 10.8. The van der Waals surface area contributed by atoms with Crippen LogP contribution in [0.2, 0.25) is 0 Å². The van der Waals surface area contributed by atoms with Gasteiger partial charge in [0, 0.05) is 11.4 Å². The van der Waals surface area contributed by atoms with E-state index in [0.717, 1.165) is 18.5 Å². The lowest BCUT2D eigenvalue weighted by Gasteiger charge is -2.02. The van der Waals surface area contributed by atoms with Gasteiger partial charge < -0.3 is 0 Å². The predicted molar refractivity (Wildman–Crippen MR) is 51.1 cm³/mol. The van der Waals surface area contributed by atoms with E-state index in [-0.39, 0.29) is 11.6 Å². The van der Waals surface area contributed by atoms with Crippen LogP contribution < -0.4 is 0 Å². The molecule has 0 bridgehead atoms. The molecular weight excluding hydrogens is 204 g/mol. The summed E-state index contributed by atoms with van der Waals surface area (Å²) in [7, 11) is -2.41. The second kappa shape index (κ2) is 4.02. The molecule has 0 atom stereocenters. The Hall–Kier alpha value is -1.01. The van der Waals surface area contributed by atoms with Crippen LogP contribution in [-0.4, -0.2) is 25.5 Å². The second-order valence-corrected chi connectivity index (χ2v) is 4.67. The van der Waals surface area contributed by atoms with Crippen LogP contribution in [0, 0.1) is 13.8 Å². The number of rotatable bonds is 3. The summed E-state index contributed by atoms with van der Waals surface area (Å²) in [5, 5.41) is 0. The molecule has 78 valence electrons. The van der Waals surface area contributed by atoms with Crippen molar-refractivity contribution >= 4 is 10.1 Å². The molecule has 0 N–H and O–H groups in total. The quantitative estimate of drug-likeness (QED) is 0.691. The van der Waals surface area contributed by atoms with Gasteiger partial charge in [-0.25, -0.2) is 9.97 Å². The molecular formula is C8H12N2O3S. The molecule has 1 aromatic rings. The zero-order valence-corrected chi connectivity index (χ0v) is 9.13. The van der Waals surface area contributed by atoms with Crippen LogP contribution in [0.1, 0.15) is 17.2 Å². The molecule has 0 saturated carbocycles. The fourth-order valence-corrected chi connectivity index (χ4v) is 1.64. The van der Waals surface area contributed by atoms with Crippen molar-refractivity contribution in [3.8, 4) is 0 Å². The van der Waals surface area contributed by atoms with Gasteiger partial charge in [-0.2, -0.15) is 8.42 Å². The Morgan fingerprint density at radius 1 is 1.29 bits per heavy atom. The highest BCUT2D eigenvalue weighted by Gasteiger charge is 2.12. The molecule has 1 heterocycles. The summed E-state index contributed by atoms with van der Waals surface area (Å²) in [6, 6.07) is 1.78. The SMILES string of the molecule is COS(=O)(=O)Cc1nc(C)cc(C)n1. The lowest BCUT2D eigenvalue weighted by molar-refractivity contribution is 0.396. The Morgan fingerprint density at radius 3 is 2.21 bits per heavy atom. The molecule has 6 heteroatoms. The molecule has 0 radical (unpaired) electrons. The molecule has 0 unspecified atom stereocenters. The number of aromatic nitrogens is 2. The molecule has 0 aliphatic heterocycles. The van der Waals surface area contributed by atoms with Crippen LogP contribution in [0.4, 0.5) is 0 Å². The molecule has 0 aliphatic carbocycles. The highest BCUT2D eigenvalue weighted by atomic mass is 32.2. The van der Waals surface area contributed by atoms with Crippen LogP contribution in [0.15, 0.2) is 6.07 Å². The summed E-state index contributed by atoms with van der Waals surface area (Å²) < 4.78 is 26.5. The van der Waals surface area contributed by atoms with Crippen molar-refractivity contribution in [3.63, 3.8) is 0 Å². The third-order valence-corrected chi connectivity index (χ3v) is 2.71. The lowest BCUT2D eigenvalue weighted by Crippen LogP contribution is -2.10. The van der Waals surface area contributed by atoms with E-state index in [1.165, 1.54) is 0 Å². The number of aryl methyl sites for hydroxylation is 2. The Kier molecular flexibility index (Phi) is 3.17. The largest absolute Gasteiger partial charge is 0.274 e. The zero-order valence-electron chi connectivity index (χ0n) is 8.31. The van der Waals surface area contributed by atoms with Crippen molar-refractivity contribution < 1.29 is 12.6 Å². The molecule has 5 nitrogen and oxygen atoms in total. The predicted octanol–water partition coefficient (Wildman–Crippen LogP) is 0.570. The third kappa shape index (κ3) is 3.04. The maximum absolute atomic E-state index is 11.1. The molecule has 0 aliphatic rings. The summed E-state index contributed by atoms with van der Waals surface area (Å²) >= 11 is 0. The summed E-state index contributed by atoms with van der Waals surface area (Å²) in [6.07, 6.45) is 0. The summed E-state index contributed by atoms with van der Waals surface area (Å²) in [4.78, 5) is 7.99. The van der Waals surface area contributed by atoms with Crippen LogP contribution in [0.5, 0.6) is 0 Å². The molecule has 0 fully saturated rings. The number of nitrogens with zero attached hydrogens (tertiary/aromatic N) is 2. The van der Waals surface area contributed by atoms with E-state index in [4.69, 9.17) is 0 Å². The topological polar surface area (TPSA) is 69.2 Å². The third-order valence-electron chi connectivity index (χ3n) is 1.59. The van der Waals surface area contributed by atoms with Crippen LogP contribution in [-0.2, 0) is 20.1 Å². The molecule has 1 aromatic heterocycles. The Bertz CT molecular complexity index is 408. The minimum absolute atomic E-state index is 0.268. The van der Waals surface area contributed by atoms with Crippen molar-refractivity contribution in [2.24, 2.45) is 0 Å². The first-order chi connectivity index (χ1) is 6.43. The van der Waals surface area contributed by atoms with Crippen LogP contribution >= 0.6 is 0 Å². The number of hydrogen-bond donors (Lipinski definition) is 0. The molecule has 0 saturated heterocycles. The van der Waals surface area contributed by atoms with Gasteiger partial charge in [-0.3, -0.25) is 4.18 Å². The van der Waals surface area contributed by atoms with E-state index in [9.17, 15) is 8.42 Å². The van der Waals surface area contributed by atoms with Gasteiger partial charge in [0.2, 0.25) is 0 Å². The van der Waals surface area contributed by atoms with Crippen molar-refractivity contribution in [1.29, 1.82) is 0 Å². The van der Waals surface area contributed by atoms with Gasteiger partial charge in [0.05, 0.1) is 7.11 Å². The summed E-state index contributed by atoms with van der Waals surface area (Å²) in [5.41, 5.74) is 1.50. The summed E-state index contributed by atoms with van der Waals surface area (Å²) in [5.74, 6) is -0.0178. The Morgan fingerprint density at radius 2 is 1.79 bits per heavy atom. The van der Waals surface area contributed by atoms with Gasteiger partial charge in [0.15, 0.2) is 0 Å².